The van der Waals surface area contributed by atoms with Crippen molar-refractivity contribution in [2.45, 2.75) is 44.3 Å². The Labute approximate surface area is 136 Å². The number of hydrogen-bond donors (Lipinski definition) is 1. The molecule has 0 spiro atoms. The van der Waals surface area contributed by atoms with Crippen LogP contribution in [0.3, 0.4) is 0 Å². The summed E-state index contributed by atoms with van der Waals surface area (Å²) in [4.78, 5) is 5.27. The van der Waals surface area contributed by atoms with Gasteiger partial charge in [-0.2, -0.15) is 0 Å². The molecule has 0 aliphatic carbocycles. The Morgan fingerprint density at radius 2 is 1.81 bits per heavy atom. The first-order valence-electron chi connectivity index (χ1n) is 8.14. The van der Waals surface area contributed by atoms with Gasteiger partial charge in [-0.05, 0) is 57.0 Å². The largest absolute Gasteiger partial charge is 0.326 e. The predicted molar refractivity (Wildman–Crippen MR) is 91.3 cm³/mol. The lowest BCUT2D eigenvalue weighted by atomic mass is 9.99. The highest BCUT2D eigenvalue weighted by Crippen LogP contribution is 2.30. The van der Waals surface area contributed by atoms with Crippen molar-refractivity contribution in [3.8, 4) is 0 Å². The van der Waals surface area contributed by atoms with E-state index in [0.29, 0.717) is 6.04 Å². The Bertz CT molecular complexity index is 454. The predicted octanol–water partition coefficient (Wildman–Crippen LogP) is 3.01. The number of nitrogens with zero attached hydrogens (tertiary/aromatic N) is 2. The second-order valence-corrected chi connectivity index (χ2v) is 7.45. The Morgan fingerprint density at radius 3 is 2.43 bits per heavy atom. The lowest BCUT2D eigenvalue weighted by Crippen LogP contribution is -2.41. The molecule has 0 saturated carbocycles. The zero-order valence-electron chi connectivity index (χ0n) is 12.8. The van der Waals surface area contributed by atoms with Crippen LogP contribution in [-0.4, -0.2) is 48.1 Å². The number of nitrogens with two attached hydrogens (primary N) is 1. The summed E-state index contributed by atoms with van der Waals surface area (Å²) < 4.78 is 1.13. The Kier molecular flexibility index (Phi) is 4.99. The molecule has 1 aromatic carbocycles. The molecule has 2 fully saturated rings. The van der Waals surface area contributed by atoms with Crippen LogP contribution < -0.4 is 5.73 Å². The quantitative estimate of drug-likeness (QED) is 0.904. The van der Waals surface area contributed by atoms with Gasteiger partial charge >= 0.3 is 0 Å². The van der Waals surface area contributed by atoms with Crippen LogP contribution in [-0.2, 0) is 0 Å². The van der Waals surface area contributed by atoms with Gasteiger partial charge in [-0.1, -0.05) is 28.1 Å². The number of benzene rings is 1. The third kappa shape index (κ3) is 3.50. The summed E-state index contributed by atoms with van der Waals surface area (Å²) in [6.45, 7) is 7.06. The van der Waals surface area contributed by atoms with Crippen molar-refractivity contribution in [3.63, 3.8) is 0 Å². The van der Waals surface area contributed by atoms with E-state index >= 15 is 0 Å². The van der Waals surface area contributed by atoms with Gasteiger partial charge in [0.05, 0.1) is 0 Å². The van der Waals surface area contributed by atoms with Crippen molar-refractivity contribution in [2.75, 3.05) is 26.2 Å². The fourth-order valence-electron chi connectivity index (χ4n) is 3.93. The van der Waals surface area contributed by atoms with E-state index in [0.717, 1.165) is 10.5 Å². The zero-order valence-corrected chi connectivity index (χ0v) is 14.4. The van der Waals surface area contributed by atoms with Crippen molar-refractivity contribution < 1.29 is 0 Å². The lowest BCUT2D eigenvalue weighted by Gasteiger charge is -2.32. The highest BCUT2D eigenvalue weighted by molar-refractivity contribution is 9.10. The molecular formula is C17H26BrN3. The minimum atomic E-state index is 0.156. The lowest BCUT2D eigenvalue weighted by molar-refractivity contribution is 0.185. The fraction of sp³-hybridized carbons (Fsp3) is 0.647. The van der Waals surface area contributed by atoms with Crippen molar-refractivity contribution >= 4 is 15.9 Å². The van der Waals surface area contributed by atoms with Crippen LogP contribution >= 0.6 is 15.9 Å². The molecule has 3 unspecified atom stereocenters. The summed E-state index contributed by atoms with van der Waals surface area (Å²) in [5.74, 6) is 0. The molecule has 0 aromatic heterocycles. The molecular weight excluding hydrogens is 326 g/mol. The highest BCUT2D eigenvalue weighted by Gasteiger charge is 2.34. The van der Waals surface area contributed by atoms with Crippen molar-refractivity contribution in [3.05, 3.63) is 34.3 Å². The van der Waals surface area contributed by atoms with Crippen LogP contribution in [0.1, 0.15) is 37.8 Å². The summed E-state index contributed by atoms with van der Waals surface area (Å²) in [5.41, 5.74) is 7.66. The van der Waals surface area contributed by atoms with Gasteiger partial charge in [-0.3, -0.25) is 9.80 Å². The van der Waals surface area contributed by atoms with E-state index < -0.39 is 0 Å². The smallest absolute Gasteiger partial charge is 0.0497 e. The summed E-state index contributed by atoms with van der Waals surface area (Å²) >= 11 is 3.52. The molecule has 0 radical (unpaired) electrons. The molecule has 4 heteroatoms. The summed E-state index contributed by atoms with van der Waals surface area (Å²) in [6.07, 6.45) is 4.04. The molecule has 3 atom stereocenters. The maximum atomic E-state index is 6.32. The Hall–Kier alpha value is -0.420. The molecule has 116 valence electrons. The molecule has 2 aliphatic rings. The SMILES string of the molecule is CC(N)C(c1ccc(Br)cc1)N1CCC(N2CCCC2)C1. The van der Waals surface area contributed by atoms with E-state index in [2.05, 4.69) is 56.9 Å². The van der Waals surface area contributed by atoms with Crippen molar-refractivity contribution in [1.29, 1.82) is 0 Å². The fourth-order valence-corrected chi connectivity index (χ4v) is 4.20. The van der Waals surface area contributed by atoms with Gasteiger partial charge in [0.15, 0.2) is 0 Å². The topological polar surface area (TPSA) is 32.5 Å². The number of rotatable bonds is 4. The standard InChI is InChI=1S/C17H26BrN3/c1-13(19)17(14-4-6-15(18)7-5-14)21-11-8-16(12-21)20-9-2-3-10-20/h4-7,13,16-17H,2-3,8-12,19H2,1H3. The van der Waals surface area contributed by atoms with Crippen LogP contribution in [0.5, 0.6) is 0 Å². The molecule has 2 heterocycles. The second-order valence-electron chi connectivity index (χ2n) is 6.54. The Balaban J connectivity index is 1.71. The van der Waals surface area contributed by atoms with E-state index in [4.69, 9.17) is 5.73 Å². The zero-order chi connectivity index (χ0) is 14.8. The van der Waals surface area contributed by atoms with Crippen LogP contribution in [0.15, 0.2) is 28.7 Å². The minimum absolute atomic E-state index is 0.156. The first-order valence-corrected chi connectivity index (χ1v) is 8.93. The first kappa shape index (κ1) is 15.5. The van der Waals surface area contributed by atoms with Gasteiger partial charge in [-0.15, -0.1) is 0 Å². The summed E-state index contributed by atoms with van der Waals surface area (Å²) in [6, 6.07) is 9.90. The van der Waals surface area contributed by atoms with Gasteiger partial charge in [0.25, 0.3) is 0 Å². The summed E-state index contributed by atoms with van der Waals surface area (Å²) in [7, 11) is 0. The molecule has 2 aliphatic heterocycles. The molecule has 1 aromatic rings. The van der Waals surface area contributed by atoms with E-state index in [1.54, 1.807) is 0 Å². The highest BCUT2D eigenvalue weighted by atomic mass is 79.9. The average molecular weight is 352 g/mol. The van der Waals surface area contributed by atoms with E-state index in [9.17, 15) is 0 Å². The maximum absolute atomic E-state index is 6.32. The molecule has 3 nitrogen and oxygen atoms in total. The number of halogens is 1. The van der Waals surface area contributed by atoms with Gasteiger partial charge in [0.2, 0.25) is 0 Å². The van der Waals surface area contributed by atoms with Crippen molar-refractivity contribution in [2.24, 2.45) is 5.73 Å². The van der Waals surface area contributed by atoms with Crippen LogP contribution in [0.25, 0.3) is 0 Å². The summed E-state index contributed by atoms with van der Waals surface area (Å²) in [5, 5.41) is 0. The molecule has 0 bridgehead atoms. The molecule has 2 saturated heterocycles. The van der Waals surface area contributed by atoms with Crippen LogP contribution in [0.4, 0.5) is 0 Å². The Morgan fingerprint density at radius 1 is 1.14 bits per heavy atom. The number of hydrogen-bond acceptors (Lipinski definition) is 3. The molecule has 21 heavy (non-hydrogen) atoms. The van der Waals surface area contributed by atoms with Gasteiger partial charge in [0, 0.05) is 35.7 Å². The number of likely N-dealkylation sites (tertiary alicyclic amines) is 2. The maximum Gasteiger partial charge on any atom is 0.0497 e. The third-order valence-corrected chi connectivity index (χ3v) is 5.48. The van der Waals surface area contributed by atoms with Gasteiger partial charge in [-0.25, -0.2) is 0 Å². The minimum Gasteiger partial charge on any atom is -0.326 e. The molecule has 3 rings (SSSR count). The average Bonchev–Trinajstić information content (AvgIpc) is 3.11. The van der Waals surface area contributed by atoms with Gasteiger partial charge in [0.1, 0.15) is 0 Å². The normalized spacial score (nSPS) is 27.1. The first-order chi connectivity index (χ1) is 10.1. The monoisotopic (exact) mass is 351 g/mol. The third-order valence-electron chi connectivity index (χ3n) is 4.95. The molecule has 0 amide bonds. The van der Waals surface area contributed by atoms with E-state index in [-0.39, 0.29) is 6.04 Å². The van der Waals surface area contributed by atoms with Crippen LogP contribution in [0.2, 0.25) is 0 Å². The van der Waals surface area contributed by atoms with E-state index in [1.807, 2.05) is 0 Å². The second kappa shape index (κ2) is 6.78. The van der Waals surface area contributed by atoms with E-state index in [1.165, 1.54) is 51.0 Å². The van der Waals surface area contributed by atoms with Gasteiger partial charge < -0.3 is 5.73 Å². The van der Waals surface area contributed by atoms with Crippen LogP contribution in [0, 0.1) is 0 Å². The van der Waals surface area contributed by atoms with Crippen molar-refractivity contribution in [1.82, 2.24) is 9.80 Å². The molecule has 2 N–H and O–H groups in total.